The number of pyridine rings is 1. The summed E-state index contributed by atoms with van der Waals surface area (Å²) in [4.78, 5) is 30.5. The van der Waals surface area contributed by atoms with Gasteiger partial charge in [0.1, 0.15) is 12.4 Å². The highest BCUT2D eigenvalue weighted by molar-refractivity contribution is 7.17. The van der Waals surface area contributed by atoms with Gasteiger partial charge in [0.2, 0.25) is 0 Å². The predicted octanol–water partition coefficient (Wildman–Crippen LogP) is 4.52. The fourth-order valence-electron chi connectivity index (χ4n) is 5.24. The van der Waals surface area contributed by atoms with Gasteiger partial charge in [0.25, 0.3) is 11.5 Å². The molecule has 1 fully saturated rings. The zero-order valence-electron chi connectivity index (χ0n) is 24.2. The molecule has 0 N–H and O–H groups in total. The van der Waals surface area contributed by atoms with Crippen LogP contribution >= 0.6 is 11.3 Å². The molecule has 0 radical (unpaired) electrons. The minimum Gasteiger partial charge on any atom is -0.494 e. The summed E-state index contributed by atoms with van der Waals surface area (Å²) in [5, 5.41) is 4.31. The van der Waals surface area contributed by atoms with E-state index in [1.165, 1.54) is 21.8 Å². The molecule has 10 heteroatoms. The highest BCUT2D eigenvalue weighted by atomic mass is 32.1. The summed E-state index contributed by atoms with van der Waals surface area (Å²) in [6.07, 6.45) is 1.97. The molecule has 0 aliphatic carbocycles. The number of nitrogens with zero attached hydrogens (tertiary/aromatic N) is 3. The summed E-state index contributed by atoms with van der Waals surface area (Å²) in [5.74, 6) is 0.213. The number of benzene rings is 2. The van der Waals surface area contributed by atoms with Crippen LogP contribution in [-0.4, -0.2) is 94.8 Å². The Morgan fingerprint density at radius 1 is 0.881 bits per heavy atom. The zero-order valence-corrected chi connectivity index (χ0v) is 25.0. The standard InChI is InChI=1S/C32H39N3O6S/c1-38-18-19-39-20-21-40-24-32(37)35-29-23-26(9-7-25(29)8-10-31(35)36)41-17-3-2-12-33-13-15-34(16-14-33)28-5-4-6-30-27(28)11-22-42-30/h4-11,22-23H,2-3,12-21,24H2,1H3. The molecule has 3 heterocycles. The van der Waals surface area contributed by atoms with Crippen molar-refractivity contribution in [3.63, 3.8) is 0 Å². The van der Waals surface area contributed by atoms with Gasteiger partial charge in [-0.1, -0.05) is 6.07 Å². The van der Waals surface area contributed by atoms with Crippen molar-refractivity contribution in [2.75, 3.05) is 84.4 Å². The van der Waals surface area contributed by atoms with Crippen LogP contribution in [0.2, 0.25) is 0 Å². The lowest BCUT2D eigenvalue weighted by Gasteiger charge is -2.36. The number of rotatable bonds is 15. The molecule has 0 spiro atoms. The highest BCUT2D eigenvalue weighted by Gasteiger charge is 2.18. The van der Waals surface area contributed by atoms with Crippen molar-refractivity contribution in [2.45, 2.75) is 12.8 Å². The maximum absolute atomic E-state index is 12.9. The molecule has 2 aromatic heterocycles. The molecule has 1 aliphatic heterocycles. The minimum atomic E-state index is -0.424. The molecule has 9 nitrogen and oxygen atoms in total. The maximum Gasteiger partial charge on any atom is 0.260 e. The second kappa shape index (κ2) is 15.3. The number of methoxy groups -OCH3 is 1. The number of ether oxygens (including phenoxy) is 4. The van der Waals surface area contributed by atoms with Crippen molar-refractivity contribution in [3.05, 3.63) is 70.3 Å². The third-order valence-corrected chi connectivity index (χ3v) is 8.35. The average molecular weight is 594 g/mol. The zero-order chi connectivity index (χ0) is 29.1. The van der Waals surface area contributed by atoms with Gasteiger partial charge in [0.15, 0.2) is 0 Å². The number of thiophene rings is 1. The molecule has 0 amide bonds. The molecule has 4 aromatic rings. The molecule has 42 heavy (non-hydrogen) atoms. The normalized spacial score (nSPS) is 14.2. The molecule has 0 atom stereocenters. The van der Waals surface area contributed by atoms with Crippen LogP contribution in [0.5, 0.6) is 5.75 Å². The predicted molar refractivity (Wildman–Crippen MR) is 168 cm³/mol. The van der Waals surface area contributed by atoms with Crippen molar-refractivity contribution in [1.82, 2.24) is 9.47 Å². The van der Waals surface area contributed by atoms with Crippen molar-refractivity contribution in [1.29, 1.82) is 0 Å². The molecule has 5 rings (SSSR count). The Bertz CT molecular complexity index is 1510. The Kier molecular flexibility index (Phi) is 11.0. The Hall–Kier alpha value is -3.28. The molecule has 0 bridgehead atoms. The summed E-state index contributed by atoms with van der Waals surface area (Å²) in [5.41, 5.74) is 1.47. The first kappa shape index (κ1) is 30.2. The van der Waals surface area contributed by atoms with Crippen LogP contribution in [0.1, 0.15) is 17.6 Å². The van der Waals surface area contributed by atoms with Crippen molar-refractivity contribution >= 4 is 43.9 Å². The summed E-state index contributed by atoms with van der Waals surface area (Å²) in [6.45, 7) is 7.16. The molecule has 0 saturated carbocycles. The van der Waals surface area contributed by atoms with Crippen LogP contribution in [0.3, 0.4) is 0 Å². The number of hydrogen-bond donors (Lipinski definition) is 0. The quantitative estimate of drug-likeness (QED) is 0.186. The third kappa shape index (κ3) is 7.76. The van der Waals surface area contributed by atoms with Gasteiger partial charge >= 0.3 is 0 Å². The van der Waals surface area contributed by atoms with Crippen molar-refractivity contribution < 1.29 is 23.7 Å². The van der Waals surface area contributed by atoms with Gasteiger partial charge in [-0.15, -0.1) is 11.3 Å². The highest BCUT2D eigenvalue weighted by Crippen LogP contribution is 2.31. The van der Waals surface area contributed by atoms with Crippen LogP contribution in [0.4, 0.5) is 5.69 Å². The largest absolute Gasteiger partial charge is 0.494 e. The SMILES string of the molecule is COCCOCCOCC(=O)n1c(=O)ccc2ccc(OCCCCN3CCN(c4cccc5sccc45)CC3)cc21. The van der Waals surface area contributed by atoms with E-state index in [4.69, 9.17) is 18.9 Å². The smallest absolute Gasteiger partial charge is 0.260 e. The number of carbonyl (C=O) groups is 1. The molecule has 0 unspecified atom stereocenters. The second-order valence-electron chi connectivity index (χ2n) is 10.3. The van der Waals surface area contributed by atoms with E-state index in [1.54, 1.807) is 30.6 Å². The Labute approximate surface area is 250 Å². The minimum absolute atomic E-state index is 0.213. The van der Waals surface area contributed by atoms with Crippen LogP contribution in [0.25, 0.3) is 21.0 Å². The summed E-state index contributed by atoms with van der Waals surface area (Å²) >= 11 is 1.80. The number of aromatic nitrogens is 1. The van der Waals surface area contributed by atoms with Gasteiger partial charge in [-0.2, -0.15) is 0 Å². The fraction of sp³-hybridized carbons (Fsp3) is 0.438. The summed E-state index contributed by atoms with van der Waals surface area (Å²) < 4.78 is 24.2. The Balaban J connectivity index is 1.06. The lowest BCUT2D eigenvalue weighted by molar-refractivity contribution is 0.0231. The molecule has 2 aromatic carbocycles. The monoisotopic (exact) mass is 593 g/mol. The lowest BCUT2D eigenvalue weighted by Crippen LogP contribution is -2.46. The Morgan fingerprint density at radius 3 is 2.55 bits per heavy atom. The van der Waals surface area contributed by atoms with Crippen LogP contribution < -0.4 is 15.2 Å². The Morgan fingerprint density at radius 2 is 1.69 bits per heavy atom. The fourth-order valence-corrected chi connectivity index (χ4v) is 6.05. The van der Waals surface area contributed by atoms with Crippen LogP contribution in [-0.2, 0) is 14.2 Å². The van der Waals surface area contributed by atoms with E-state index in [9.17, 15) is 9.59 Å². The topological polar surface area (TPSA) is 82.5 Å². The average Bonchev–Trinajstić information content (AvgIpc) is 3.50. The van der Waals surface area contributed by atoms with Gasteiger partial charge in [0.05, 0.1) is 38.6 Å². The van der Waals surface area contributed by atoms with E-state index in [1.807, 2.05) is 12.1 Å². The van der Waals surface area contributed by atoms with E-state index in [2.05, 4.69) is 39.4 Å². The number of fused-ring (bicyclic) bond motifs is 2. The number of unbranched alkanes of at least 4 members (excludes halogenated alkanes) is 1. The molecule has 224 valence electrons. The van der Waals surface area contributed by atoms with Crippen LogP contribution in [0.15, 0.2) is 64.8 Å². The van der Waals surface area contributed by atoms with Gasteiger partial charge in [-0.25, -0.2) is 4.57 Å². The second-order valence-corrected chi connectivity index (χ2v) is 11.2. The number of anilines is 1. The summed E-state index contributed by atoms with van der Waals surface area (Å²) in [6, 6.07) is 17.4. The first-order valence-corrected chi connectivity index (χ1v) is 15.4. The summed E-state index contributed by atoms with van der Waals surface area (Å²) in [7, 11) is 1.61. The third-order valence-electron chi connectivity index (χ3n) is 7.47. The van der Waals surface area contributed by atoms with E-state index >= 15 is 0 Å². The lowest BCUT2D eigenvalue weighted by atomic mass is 10.2. The molecular formula is C32H39N3O6S. The molecule has 1 saturated heterocycles. The number of hydrogen-bond acceptors (Lipinski definition) is 9. The van der Waals surface area contributed by atoms with E-state index < -0.39 is 11.5 Å². The number of carbonyl (C=O) groups excluding carboxylic acids is 1. The van der Waals surface area contributed by atoms with Gasteiger partial charge in [0, 0.05) is 61.2 Å². The van der Waals surface area contributed by atoms with E-state index in [0.717, 1.165) is 55.5 Å². The number of piperazine rings is 1. The molecular weight excluding hydrogens is 554 g/mol. The van der Waals surface area contributed by atoms with Crippen LogP contribution in [0, 0.1) is 0 Å². The van der Waals surface area contributed by atoms with Crippen molar-refractivity contribution in [2.24, 2.45) is 0 Å². The maximum atomic E-state index is 12.9. The van der Waals surface area contributed by atoms with E-state index in [0.29, 0.717) is 37.7 Å². The van der Waals surface area contributed by atoms with Gasteiger partial charge in [-0.3, -0.25) is 14.5 Å². The molecule has 1 aliphatic rings. The van der Waals surface area contributed by atoms with E-state index in [-0.39, 0.29) is 13.2 Å². The first-order chi connectivity index (χ1) is 20.6. The van der Waals surface area contributed by atoms with Gasteiger partial charge in [-0.05, 0) is 66.6 Å². The van der Waals surface area contributed by atoms with Crippen molar-refractivity contribution in [3.8, 4) is 5.75 Å². The first-order valence-electron chi connectivity index (χ1n) is 14.5. The van der Waals surface area contributed by atoms with Gasteiger partial charge < -0.3 is 23.8 Å².